The van der Waals surface area contributed by atoms with Gasteiger partial charge in [-0.15, -0.1) is 0 Å². The number of hydrogen-bond donors (Lipinski definition) is 2. The van der Waals surface area contributed by atoms with Gasteiger partial charge in [0, 0.05) is 11.0 Å². The third kappa shape index (κ3) is 3.33. The van der Waals surface area contributed by atoms with Crippen LogP contribution in [0.1, 0.15) is 17.2 Å². The zero-order valence-electron chi connectivity index (χ0n) is 10.7. The third-order valence-corrected chi connectivity index (χ3v) is 3.89. The highest BCUT2D eigenvalue weighted by Gasteiger charge is 2.12. The highest BCUT2D eigenvalue weighted by molar-refractivity contribution is 9.10. The monoisotopic (exact) mass is 322 g/mol. The summed E-state index contributed by atoms with van der Waals surface area (Å²) in [5.41, 5.74) is 8.45. The maximum Gasteiger partial charge on any atom is 0.146 e. The lowest BCUT2D eigenvalue weighted by molar-refractivity contribution is 0.626. The molecule has 0 aromatic heterocycles. The molecule has 100 valence electrons. The molecule has 2 rings (SSSR count). The topological polar surface area (TPSA) is 38.0 Å². The van der Waals surface area contributed by atoms with E-state index < -0.39 is 0 Å². The summed E-state index contributed by atoms with van der Waals surface area (Å²) in [6.07, 6.45) is 0. The van der Waals surface area contributed by atoms with Crippen LogP contribution in [0.2, 0.25) is 0 Å². The largest absolute Gasteiger partial charge is 0.375 e. The van der Waals surface area contributed by atoms with Crippen molar-refractivity contribution in [3.8, 4) is 0 Å². The molecular weight excluding hydrogens is 307 g/mol. The number of nitrogens with two attached hydrogens (primary N) is 1. The fraction of sp³-hybridized carbons (Fsp3) is 0.200. The van der Waals surface area contributed by atoms with E-state index in [4.69, 9.17) is 5.73 Å². The summed E-state index contributed by atoms with van der Waals surface area (Å²) in [7, 11) is 0. The second kappa shape index (κ2) is 6.17. The molecule has 0 saturated carbocycles. The van der Waals surface area contributed by atoms with Crippen molar-refractivity contribution in [2.45, 2.75) is 13.0 Å². The first-order chi connectivity index (χ1) is 9.11. The van der Waals surface area contributed by atoms with Gasteiger partial charge in [0.05, 0.1) is 11.7 Å². The van der Waals surface area contributed by atoms with E-state index >= 15 is 0 Å². The van der Waals surface area contributed by atoms with Gasteiger partial charge in [-0.05, 0) is 36.2 Å². The molecule has 0 aliphatic carbocycles. The normalized spacial score (nSPS) is 12.2. The Morgan fingerprint density at radius 1 is 1.26 bits per heavy atom. The molecule has 0 fully saturated rings. The highest BCUT2D eigenvalue weighted by Crippen LogP contribution is 2.25. The minimum atomic E-state index is -0.271. The van der Waals surface area contributed by atoms with E-state index in [0.717, 1.165) is 15.6 Å². The summed E-state index contributed by atoms with van der Waals surface area (Å²) >= 11 is 3.50. The molecule has 0 amide bonds. The van der Waals surface area contributed by atoms with Crippen LogP contribution in [-0.4, -0.2) is 6.54 Å². The van der Waals surface area contributed by atoms with Gasteiger partial charge in [0.1, 0.15) is 5.82 Å². The average Bonchev–Trinajstić information content (AvgIpc) is 2.41. The molecule has 0 heterocycles. The Balaban J connectivity index is 2.25. The lowest BCUT2D eigenvalue weighted by Gasteiger charge is -2.19. The number of rotatable bonds is 4. The van der Waals surface area contributed by atoms with Crippen LogP contribution in [0.3, 0.4) is 0 Å². The van der Waals surface area contributed by atoms with Crippen LogP contribution in [0, 0.1) is 12.7 Å². The van der Waals surface area contributed by atoms with Crippen molar-refractivity contribution in [3.05, 3.63) is 63.9 Å². The first-order valence-electron chi connectivity index (χ1n) is 6.09. The van der Waals surface area contributed by atoms with Crippen LogP contribution in [0.15, 0.2) is 46.9 Å². The molecule has 0 saturated heterocycles. The molecule has 2 aromatic rings. The van der Waals surface area contributed by atoms with Crippen LogP contribution < -0.4 is 11.1 Å². The van der Waals surface area contributed by atoms with Gasteiger partial charge in [0.15, 0.2) is 0 Å². The number of aryl methyl sites for hydroxylation is 1. The van der Waals surface area contributed by atoms with E-state index in [2.05, 4.69) is 21.2 Å². The maximum atomic E-state index is 13.6. The van der Waals surface area contributed by atoms with E-state index in [-0.39, 0.29) is 11.9 Å². The number of hydrogen-bond acceptors (Lipinski definition) is 2. The number of para-hydroxylation sites is 1. The summed E-state index contributed by atoms with van der Waals surface area (Å²) in [4.78, 5) is 0. The van der Waals surface area contributed by atoms with Gasteiger partial charge in [-0.25, -0.2) is 4.39 Å². The summed E-state index contributed by atoms with van der Waals surface area (Å²) in [5, 5.41) is 3.14. The van der Waals surface area contributed by atoms with E-state index in [1.54, 1.807) is 18.2 Å². The van der Waals surface area contributed by atoms with Crippen molar-refractivity contribution < 1.29 is 4.39 Å². The standard InChI is InChI=1S/C15H16BrFN2/c1-10-6-7-11(8-12(10)16)15(9-18)19-14-5-3-2-4-13(14)17/h2-8,15,19H,9,18H2,1H3. The maximum absolute atomic E-state index is 13.6. The molecule has 2 nitrogen and oxygen atoms in total. The van der Waals surface area contributed by atoms with Crippen LogP contribution in [0.4, 0.5) is 10.1 Å². The SMILES string of the molecule is Cc1ccc(C(CN)Nc2ccccc2F)cc1Br. The van der Waals surface area contributed by atoms with Crippen molar-refractivity contribution in [1.82, 2.24) is 0 Å². The predicted octanol–water partition coefficient (Wildman–Crippen LogP) is 4.01. The fourth-order valence-corrected chi connectivity index (χ4v) is 2.27. The van der Waals surface area contributed by atoms with Crippen LogP contribution in [0.5, 0.6) is 0 Å². The molecule has 0 aliphatic heterocycles. The fourth-order valence-electron chi connectivity index (χ4n) is 1.87. The summed E-state index contributed by atoms with van der Waals surface area (Å²) < 4.78 is 14.7. The Hall–Kier alpha value is -1.39. The summed E-state index contributed by atoms with van der Waals surface area (Å²) in [5.74, 6) is -0.271. The predicted molar refractivity (Wildman–Crippen MR) is 80.7 cm³/mol. The van der Waals surface area contributed by atoms with Crippen molar-refractivity contribution >= 4 is 21.6 Å². The van der Waals surface area contributed by atoms with Gasteiger partial charge in [-0.1, -0.05) is 40.2 Å². The van der Waals surface area contributed by atoms with E-state index in [0.29, 0.717) is 12.2 Å². The van der Waals surface area contributed by atoms with Crippen molar-refractivity contribution in [2.75, 3.05) is 11.9 Å². The van der Waals surface area contributed by atoms with Crippen LogP contribution in [-0.2, 0) is 0 Å². The second-order valence-corrected chi connectivity index (χ2v) is 5.28. The van der Waals surface area contributed by atoms with Crippen LogP contribution in [0.25, 0.3) is 0 Å². The molecule has 0 aliphatic rings. The number of anilines is 1. The van der Waals surface area contributed by atoms with Gasteiger partial charge in [-0.2, -0.15) is 0 Å². The second-order valence-electron chi connectivity index (χ2n) is 4.42. The van der Waals surface area contributed by atoms with E-state index in [9.17, 15) is 4.39 Å². The lowest BCUT2D eigenvalue weighted by Crippen LogP contribution is -2.21. The number of benzene rings is 2. The number of nitrogens with one attached hydrogen (secondary N) is 1. The molecule has 0 spiro atoms. The summed E-state index contributed by atoms with van der Waals surface area (Å²) in [6.45, 7) is 2.42. The zero-order valence-corrected chi connectivity index (χ0v) is 12.2. The minimum Gasteiger partial charge on any atom is -0.375 e. The smallest absolute Gasteiger partial charge is 0.146 e. The first kappa shape index (κ1) is 14.0. The molecule has 19 heavy (non-hydrogen) atoms. The van der Waals surface area contributed by atoms with Crippen molar-refractivity contribution in [3.63, 3.8) is 0 Å². The molecule has 4 heteroatoms. The van der Waals surface area contributed by atoms with Crippen molar-refractivity contribution in [2.24, 2.45) is 5.73 Å². The zero-order chi connectivity index (χ0) is 13.8. The quantitative estimate of drug-likeness (QED) is 0.892. The molecule has 0 bridgehead atoms. The molecule has 0 radical (unpaired) electrons. The van der Waals surface area contributed by atoms with E-state index in [1.165, 1.54) is 6.07 Å². The minimum absolute atomic E-state index is 0.117. The Bertz CT molecular complexity index is 572. The lowest BCUT2D eigenvalue weighted by atomic mass is 10.0. The molecule has 3 N–H and O–H groups in total. The Morgan fingerprint density at radius 3 is 2.63 bits per heavy atom. The van der Waals surface area contributed by atoms with Gasteiger partial charge >= 0.3 is 0 Å². The summed E-state index contributed by atoms with van der Waals surface area (Å²) in [6, 6.07) is 12.5. The highest BCUT2D eigenvalue weighted by atomic mass is 79.9. The molecule has 1 atom stereocenters. The Morgan fingerprint density at radius 2 is 2.00 bits per heavy atom. The van der Waals surface area contributed by atoms with Gasteiger partial charge < -0.3 is 11.1 Å². The van der Waals surface area contributed by atoms with Gasteiger partial charge in [-0.3, -0.25) is 0 Å². The third-order valence-electron chi connectivity index (χ3n) is 3.04. The van der Waals surface area contributed by atoms with E-state index in [1.807, 2.05) is 25.1 Å². The van der Waals surface area contributed by atoms with Gasteiger partial charge in [0.2, 0.25) is 0 Å². The number of halogens is 2. The van der Waals surface area contributed by atoms with Crippen molar-refractivity contribution in [1.29, 1.82) is 0 Å². The molecule has 1 unspecified atom stereocenters. The van der Waals surface area contributed by atoms with Crippen LogP contribution >= 0.6 is 15.9 Å². The molecular formula is C15H16BrFN2. The Kier molecular flexibility index (Phi) is 4.56. The Labute approximate surface area is 121 Å². The average molecular weight is 323 g/mol. The van der Waals surface area contributed by atoms with Gasteiger partial charge in [0.25, 0.3) is 0 Å². The first-order valence-corrected chi connectivity index (χ1v) is 6.88. The molecule has 2 aromatic carbocycles.